The summed E-state index contributed by atoms with van der Waals surface area (Å²) in [5.41, 5.74) is 3.40. The van der Waals surface area contributed by atoms with E-state index in [0.717, 1.165) is 44.1 Å². The van der Waals surface area contributed by atoms with Crippen molar-refractivity contribution in [3.63, 3.8) is 0 Å². The fraction of sp³-hybridized carbons (Fsp3) is 0.667. The molecule has 1 heterocycles. The second-order valence-corrected chi connectivity index (χ2v) is 5.89. The summed E-state index contributed by atoms with van der Waals surface area (Å²) in [4.78, 5) is 6.97. The molecule has 0 aliphatic heterocycles. The minimum absolute atomic E-state index is 0. The van der Waals surface area contributed by atoms with Crippen molar-refractivity contribution in [2.24, 2.45) is 4.99 Å². The lowest BCUT2D eigenvalue weighted by Crippen LogP contribution is -2.39. The number of methoxy groups -OCH3 is 1. The molecule has 1 aromatic heterocycles. The third-order valence-corrected chi connectivity index (χ3v) is 4.02. The average molecular weight is 463 g/mol. The van der Waals surface area contributed by atoms with Crippen molar-refractivity contribution in [1.29, 1.82) is 0 Å². The SMILES string of the molecule is C=CCCCN(C)C(=NCc1c(C)nn(CCOC)c1C)NCC.I. The van der Waals surface area contributed by atoms with E-state index in [9.17, 15) is 0 Å². The van der Waals surface area contributed by atoms with Crippen LogP contribution in [0.15, 0.2) is 17.6 Å². The Morgan fingerprint density at radius 1 is 1.44 bits per heavy atom. The van der Waals surface area contributed by atoms with Crippen LogP contribution in [-0.2, 0) is 17.8 Å². The van der Waals surface area contributed by atoms with E-state index in [1.807, 2.05) is 17.7 Å². The zero-order valence-corrected chi connectivity index (χ0v) is 18.7. The number of halogens is 1. The van der Waals surface area contributed by atoms with E-state index in [4.69, 9.17) is 9.73 Å². The van der Waals surface area contributed by atoms with Crippen LogP contribution in [-0.4, -0.2) is 54.5 Å². The molecule has 0 atom stereocenters. The van der Waals surface area contributed by atoms with Crippen LogP contribution in [0.4, 0.5) is 0 Å². The Balaban J connectivity index is 0.00000576. The smallest absolute Gasteiger partial charge is 0.193 e. The summed E-state index contributed by atoms with van der Waals surface area (Å²) in [6.07, 6.45) is 4.06. The molecule has 1 N–H and O–H groups in total. The summed E-state index contributed by atoms with van der Waals surface area (Å²) in [5.74, 6) is 0.935. The summed E-state index contributed by atoms with van der Waals surface area (Å²) in [5, 5.41) is 7.96. The molecule has 1 rings (SSSR count). The van der Waals surface area contributed by atoms with Crippen LogP contribution in [0, 0.1) is 13.8 Å². The summed E-state index contributed by atoms with van der Waals surface area (Å²) >= 11 is 0. The third kappa shape index (κ3) is 7.77. The number of unbranched alkanes of at least 4 members (excludes halogenated alkanes) is 1. The number of nitrogens with zero attached hydrogens (tertiary/aromatic N) is 4. The van der Waals surface area contributed by atoms with Crippen LogP contribution < -0.4 is 5.32 Å². The first-order valence-corrected chi connectivity index (χ1v) is 8.67. The fourth-order valence-electron chi connectivity index (χ4n) is 2.56. The van der Waals surface area contributed by atoms with Crippen LogP contribution in [0.25, 0.3) is 0 Å². The second-order valence-electron chi connectivity index (χ2n) is 5.89. The Hall–Kier alpha value is -1.09. The first kappa shape index (κ1) is 23.9. The predicted octanol–water partition coefficient (Wildman–Crippen LogP) is 3.13. The highest BCUT2D eigenvalue weighted by Crippen LogP contribution is 2.14. The molecule has 7 heteroatoms. The summed E-state index contributed by atoms with van der Waals surface area (Å²) < 4.78 is 7.15. The van der Waals surface area contributed by atoms with Crippen LogP contribution >= 0.6 is 24.0 Å². The largest absolute Gasteiger partial charge is 0.383 e. The highest BCUT2D eigenvalue weighted by atomic mass is 127. The molecular formula is C18H34IN5O. The van der Waals surface area contributed by atoms with E-state index in [0.29, 0.717) is 13.2 Å². The van der Waals surface area contributed by atoms with Gasteiger partial charge in [0.2, 0.25) is 0 Å². The van der Waals surface area contributed by atoms with Gasteiger partial charge in [-0.3, -0.25) is 4.68 Å². The van der Waals surface area contributed by atoms with Gasteiger partial charge in [-0.2, -0.15) is 5.10 Å². The Bertz CT molecular complexity index is 542. The number of guanidine groups is 1. The van der Waals surface area contributed by atoms with Gasteiger partial charge in [-0.25, -0.2) is 4.99 Å². The summed E-state index contributed by atoms with van der Waals surface area (Å²) in [6.45, 7) is 13.9. The van der Waals surface area contributed by atoms with Crippen LogP contribution in [0.5, 0.6) is 0 Å². The quantitative estimate of drug-likeness (QED) is 0.191. The number of aromatic nitrogens is 2. The number of allylic oxidation sites excluding steroid dienone is 1. The normalized spacial score (nSPS) is 11.2. The fourth-order valence-corrected chi connectivity index (χ4v) is 2.56. The van der Waals surface area contributed by atoms with Crippen LogP contribution in [0.1, 0.15) is 36.7 Å². The zero-order valence-electron chi connectivity index (χ0n) is 16.3. The van der Waals surface area contributed by atoms with E-state index in [2.05, 4.69) is 42.8 Å². The van der Waals surface area contributed by atoms with E-state index in [-0.39, 0.29) is 24.0 Å². The molecule has 144 valence electrons. The molecule has 6 nitrogen and oxygen atoms in total. The van der Waals surface area contributed by atoms with Gasteiger partial charge in [-0.05, 0) is 33.6 Å². The van der Waals surface area contributed by atoms with Gasteiger partial charge in [0.25, 0.3) is 0 Å². The monoisotopic (exact) mass is 463 g/mol. The van der Waals surface area contributed by atoms with Crippen LogP contribution in [0.3, 0.4) is 0 Å². The van der Waals surface area contributed by atoms with Crippen molar-refractivity contribution in [2.45, 2.75) is 46.7 Å². The van der Waals surface area contributed by atoms with Gasteiger partial charge >= 0.3 is 0 Å². The van der Waals surface area contributed by atoms with Gasteiger partial charge in [-0.1, -0.05) is 6.08 Å². The summed E-state index contributed by atoms with van der Waals surface area (Å²) in [7, 11) is 3.79. The molecule has 0 saturated carbocycles. The van der Waals surface area contributed by atoms with Crippen molar-refractivity contribution >= 4 is 29.9 Å². The maximum absolute atomic E-state index is 5.15. The Morgan fingerprint density at radius 3 is 2.76 bits per heavy atom. The number of nitrogens with one attached hydrogen (secondary N) is 1. The molecule has 0 spiro atoms. The van der Waals surface area contributed by atoms with Crippen molar-refractivity contribution in [3.05, 3.63) is 29.6 Å². The second kappa shape index (κ2) is 13.2. The lowest BCUT2D eigenvalue weighted by Gasteiger charge is -2.21. The molecule has 0 bridgehead atoms. The van der Waals surface area contributed by atoms with Crippen molar-refractivity contribution < 1.29 is 4.74 Å². The maximum atomic E-state index is 5.15. The van der Waals surface area contributed by atoms with Gasteiger partial charge in [0.05, 0.1) is 25.4 Å². The number of hydrogen-bond donors (Lipinski definition) is 1. The predicted molar refractivity (Wildman–Crippen MR) is 116 cm³/mol. The molecule has 0 fully saturated rings. The third-order valence-electron chi connectivity index (χ3n) is 4.02. The Kier molecular flexibility index (Phi) is 12.6. The highest BCUT2D eigenvalue weighted by molar-refractivity contribution is 14.0. The minimum atomic E-state index is 0. The maximum Gasteiger partial charge on any atom is 0.193 e. The highest BCUT2D eigenvalue weighted by Gasteiger charge is 2.12. The molecule has 0 radical (unpaired) electrons. The van der Waals surface area contributed by atoms with E-state index in [1.165, 1.54) is 11.3 Å². The van der Waals surface area contributed by atoms with Gasteiger partial charge in [0, 0.05) is 38.5 Å². The standard InChI is InChI=1S/C18H33N5O.HI/c1-7-9-10-11-22(5)18(19-8-2)20-14-17-15(3)21-23(16(17)4)12-13-24-6;/h7H,1,8-14H2,2-6H3,(H,19,20);1H. The van der Waals surface area contributed by atoms with E-state index < -0.39 is 0 Å². The van der Waals surface area contributed by atoms with Gasteiger partial charge in [-0.15, -0.1) is 30.6 Å². The van der Waals surface area contributed by atoms with Crippen molar-refractivity contribution in [1.82, 2.24) is 20.0 Å². The lowest BCUT2D eigenvalue weighted by molar-refractivity contribution is 0.182. The number of aryl methyl sites for hydroxylation is 1. The number of hydrogen-bond acceptors (Lipinski definition) is 3. The van der Waals surface area contributed by atoms with Crippen molar-refractivity contribution in [2.75, 3.05) is 33.9 Å². The Labute approximate surface area is 169 Å². The molecular weight excluding hydrogens is 429 g/mol. The van der Waals surface area contributed by atoms with Gasteiger partial charge in [0.1, 0.15) is 0 Å². The average Bonchev–Trinajstić information content (AvgIpc) is 2.83. The molecule has 25 heavy (non-hydrogen) atoms. The first-order chi connectivity index (χ1) is 11.5. The number of ether oxygens (including phenoxy) is 1. The van der Waals surface area contributed by atoms with E-state index >= 15 is 0 Å². The van der Waals surface area contributed by atoms with Crippen LogP contribution in [0.2, 0.25) is 0 Å². The molecule has 0 aliphatic carbocycles. The number of rotatable bonds is 10. The molecule has 0 unspecified atom stereocenters. The summed E-state index contributed by atoms with van der Waals surface area (Å²) in [6, 6.07) is 0. The molecule has 0 aromatic carbocycles. The zero-order chi connectivity index (χ0) is 17.9. The molecule has 0 saturated heterocycles. The topological polar surface area (TPSA) is 54.7 Å². The molecule has 1 aromatic rings. The molecule has 0 aliphatic rings. The van der Waals surface area contributed by atoms with Gasteiger partial charge < -0.3 is 15.0 Å². The first-order valence-electron chi connectivity index (χ1n) is 8.67. The van der Waals surface area contributed by atoms with E-state index in [1.54, 1.807) is 7.11 Å². The van der Waals surface area contributed by atoms with Crippen molar-refractivity contribution in [3.8, 4) is 0 Å². The number of aliphatic imine (C=N–C) groups is 1. The Morgan fingerprint density at radius 2 is 2.16 bits per heavy atom. The molecule has 0 amide bonds. The lowest BCUT2D eigenvalue weighted by atomic mass is 10.2. The van der Waals surface area contributed by atoms with Gasteiger partial charge in [0.15, 0.2) is 5.96 Å². The minimum Gasteiger partial charge on any atom is -0.383 e.